The molecule has 5 heteroatoms. The van der Waals surface area contributed by atoms with E-state index in [1.165, 1.54) is 5.56 Å². The number of hydrogen-bond donors (Lipinski definition) is 0. The lowest BCUT2D eigenvalue weighted by molar-refractivity contribution is 0.000448. The molecule has 0 aromatic heterocycles. The molecule has 1 spiro atoms. The third kappa shape index (κ3) is 4.21. The van der Waals surface area contributed by atoms with Gasteiger partial charge < -0.3 is 14.5 Å². The number of carbonyl (C=O) groups is 2. The van der Waals surface area contributed by atoms with E-state index in [-0.39, 0.29) is 17.5 Å². The maximum Gasteiger partial charge on any atom is 0.410 e. The number of ether oxygens (including phenoxy) is 1. The number of Topliss-reactive ketones (excluding diaryl/α,β-unsaturated/α-hetero) is 1. The molecule has 2 fully saturated rings. The van der Waals surface area contributed by atoms with E-state index in [9.17, 15) is 9.59 Å². The molecule has 1 amide bonds. The average molecular weight is 344 g/mol. The summed E-state index contributed by atoms with van der Waals surface area (Å²) in [5.41, 5.74) is 1.70. The Morgan fingerprint density at radius 1 is 1.20 bits per heavy atom. The fourth-order valence-electron chi connectivity index (χ4n) is 3.73. The zero-order valence-electron chi connectivity index (χ0n) is 15.3. The molecule has 1 aromatic rings. The number of likely N-dealkylation sites (tertiary alicyclic amines) is 1. The van der Waals surface area contributed by atoms with Crippen molar-refractivity contribution in [2.75, 3.05) is 32.7 Å². The summed E-state index contributed by atoms with van der Waals surface area (Å²) in [6.45, 7) is 8.25. The molecule has 2 heterocycles. The molecule has 0 atom stereocenters. The fourth-order valence-corrected chi connectivity index (χ4v) is 3.73. The van der Waals surface area contributed by atoms with Crippen molar-refractivity contribution in [3.05, 3.63) is 35.4 Å². The van der Waals surface area contributed by atoms with E-state index in [1.807, 2.05) is 38.1 Å². The number of amides is 1. The Bertz CT molecular complexity index is 618. The highest BCUT2D eigenvalue weighted by Gasteiger charge is 2.46. The molecule has 1 aromatic carbocycles. The van der Waals surface area contributed by atoms with Gasteiger partial charge in [-0.15, -0.1) is 0 Å². The van der Waals surface area contributed by atoms with Crippen molar-refractivity contribution in [2.24, 2.45) is 0 Å². The van der Waals surface area contributed by atoms with Gasteiger partial charge in [0.15, 0.2) is 5.78 Å². The molecule has 2 saturated heterocycles. The number of likely N-dealkylation sites (N-methyl/N-ethyl adjacent to an activating group) is 1. The summed E-state index contributed by atoms with van der Waals surface area (Å²) in [7, 11) is 0. The van der Waals surface area contributed by atoms with Crippen LogP contribution in [-0.4, -0.2) is 60.0 Å². The van der Waals surface area contributed by atoms with Crippen LogP contribution in [0.2, 0.25) is 0 Å². The fraction of sp³-hybridized carbons (Fsp3) is 0.600. The first-order valence-corrected chi connectivity index (χ1v) is 9.31. The van der Waals surface area contributed by atoms with Crippen molar-refractivity contribution >= 4 is 11.9 Å². The molecular weight excluding hydrogens is 316 g/mol. The molecular formula is C20H28N2O3. The highest BCUT2D eigenvalue weighted by molar-refractivity contribution is 5.96. The molecule has 2 aliphatic rings. The quantitative estimate of drug-likeness (QED) is 0.743. The molecule has 0 radical (unpaired) electrons. The zero-order chi connectivity index (χ0) is 17.9. The van der Waals surface area contributed by atoms with Crippen molar-refractivity contribution in [1.29, 1.82) is 0 Å². The number of benzene rings is 1. The van der Waals surface area contributed by atoms with Gasteiger partial charge in [0.1, 0.15) is 5.60 Å². The molecule has 0 unspecified atom stereocenters. The second kappa shape index (κ2) is 7.56. The van der Waals surface area contributed by atoms with E-state index in [4.69, 9.17) is 4.74 Å². The Hall–Kier alpha value is -1.88. The minimum atomic E-state index is -0.276. The summed E-state index contributed by atoms with van der Waals surface area (Å²) in [6, 6.07) is 7.80. The predicted octanol–water partition coefficient (Wildman–Crippen LogP) is 3.26. The standard InChI is InChI=1S/C20H28N2O3/c1-3-22-15-20(25-19(22)24)10-13-21(14-11-20)12-4-5-18(23)17-8-6-16(2)7-9-17/h6-9H,3-5,10-15H2,1-2H3. The van der Waals surface area contributed by atoms with Gasteiger partial charge in [0.2, 0.25) is 0 Å². The lowest BCUT2D eigenvalue weighted by atomic mass is 9.91. The monoisotopic (exact) mass is 344 g/mol. The lowest BCUT2D eigenvalue weighted by Crippen LogP contribution is -2.47. The molecule has 0 saturated carbocycles. The van der Waals surface area contributed by atoms with Crippen molar-refractivity contribution in [3.63, 3.8) is 0 Å². The van der Waals surface area contributed by atoms with Gasteiger partial charge in [-0.25, -0.2) is 4.79 Å². The number of rotatable bonds is 6. The average Bonchev–Trinajstić information content (AvgIpc) is 2.93. The molecule has 3 rings (SSSR count). The van der Waals surface area contributed by atoms with Gasteiger partial charge in [-0.05, 0) is 26.8 Å². The number of carbonyl (C=O) groups excluding carboxylic acids is 2. The third-order valence-electron chi connectivity index (χ3n) is 5.44. The Morgan fingerprint density at radius 3 is 2.48 bits per heavy atom. The number of hydrogen-bond acceptors (Lipinski definition) is 4. The van der Waals surface area contributed by atoms with Crippen LogP contribution in [0.25, 0.3) is 0 Å². The second-order valence-electron chi connectivity index (χ2n) is 7.30. The minimum Gasteiger partial charge on any atom is -0.441 e. The topological polar surface area (TPSA) is 49.9 Å². The summed E-state index contributed by atoms with van der Waals surface area (Å²) in [5, 5.41) is 0. The van der Waals surface area contributed by atoms with Gasteiger partial charge >= 0.3 is 6.09 Å². The van der Waals surface area contributed by atoms with E-state index >= 15 is 0 Å². The highest BCUT2D eigenvalue weighted by atomic mass is 16.6. The highest BCUT2D eigenvalue weighted by Crippen LogP contribution is 2.33. The van der Waals surface area contributed by atoms with E-state index in [1.54, 1.807) is 4.90 Å². The molecule has 2 aliphatic heterocycles. The van der Waals surface area contributed by atoms with Crippen LogP contribution in [-0.2, 0) is 4.74 Å². The zero-order valence-corrected chi connectivity index (χ0v) is 15.3. The Labute approximate surface area is 149 Å². The summed E-state index contributed by atoms with van der Waals surface area (Å²) >= 11 is 0. The third-order valence-corrected chi connectivity index (χ3v) is 5.44. The molecule has 0 bridgehead atoms. The van der Waals surface area contributed by atoms with Gasteiger partial charge in [0.25, 0.3) is 0 Å². The molecule has 5 nitrogen and oxygen atoms in total. The first kappa shape index (κ1) is 17.9. The van der Waals surface area contributed by atoms with Crippen LogP contribution in [0.1, 0.15) is 48.5 Å². The van der Waals surface area contributed by atoms with Gasteiger partial charge in [0.05, 0.1) is 6.54 Å². The van der Waals surface area contributed by atoms with Crippen molar-refractivity contribution < 1.29 is 14.3 Å². The minimum absolute atomic E-state index is 0.167. The van der Waals surface area contributed by atoms with Crippen molar-refractivity contribution in [2.45, 2.75) is 45.1 Å². The number of aryl methyl sites for hydroxylation is 1. The van der Waals surface area contributed by atoms with Crippen LogP contribution < -0.4 is 0 Å². The van der Waals surface area contributed by atoms with Gasteiger partial charge in [-0.2, -0.15) is 0 Å². The smallest absolute Gasteiger partial charge is 0.410 e. The van der Waals surface area contributed by atoms with Crippen LogP contribution in [0.15, 0.2) is 24.3 Å². The van der Waals surface area contributed by atoms with Crippen molar-refractivity contribution in [1.82, 2.24) is 9.80 Å². The van der Waals surface area contributed by atoms with Gasteiger partial charge in [-0.3, -0.25) is 4.79 Å². The van der Waals surface area contributed by atoms with Crippen LogP contribution in [0.5, 0.6) is 0 Å². The van der Waals surface area contributed by atoms with Crippen LogP contribution in [0, 0.1) is 6.92 Å². The Balaban J connectivity index is 1.40. The van der Waals surface area contributed by atoms with E-state index in [0.717, 1.165) is 51.0 Å². The summed E-state index contributed by atoms with van der Waals surface area (Å²) in [4.78, 5) is 28.2. The summed E-state index contributed by atoms with van der Waals surface area (Å²) in [5.74, 6) is 0.219. The number of nitrogens with zero attached hydrogens (tertiary/aromatic N) is 2. The number of ketones is 1. The van der Waals surface area contributed by atoms with Crippen LogP contribution in [0.3, 0.4) is 0 Å². The van der Waals surface area contributed by atoms with E-state index in [2.05, 4.69) is 4.90 Å². The first-order chi connectivity index (χ1) is 12.0. The van der Waals surface area contributed by atoms with Gasteiger partial charge in [-0.1, -0.05) is 29.8 Å². The maximum atomic E-state index is 12.2. The molecule has 136 valence electrons. The number of piperidine rings is 1. The first-order valence-electron chi connectivity index (χ1n) is 9.31. The lowest BCUT2D eigenvalue weighted by Gasteiger charge is -2.37. The Kier molecular flexibility index (Phi) is 5.42. The predicted molar refractivity (Wildman–Crippen MR) is 96.9 cm³/mol. The summed E-state index contributed by atoms with van der Waals surface area (Å²) < 4.78 is 5.66. The second-order valence-corrected chi connectivity index (χ2v) is 7.30. The van der Waals surface area contributed by atoms with Gasteiger partial charge in [0, 0.05) is 44.5 Å². The van der Waals surface area contributed by atoms with Crippen molar-refractivity contribution in [3.8, 4) is 0 Å². The van der Waals surface area contributed by atoms with Crippen LogP contribution in [0.4, 0.5) is 4.79 Å². The molecule has 0 N–H and O–H groups in total. The van der Waals surface area contributed by atoms with Crippen LogP contribution >= 0.6 is 0 Å². The SMILES string of the molecule is CCN1CC2(CCN(CCCC(=O)c3ccc(C)cc3)CC2)OC1=O. The molecule has 0 aliphatic carbocycles. The molecule has 25 heavy (non-hydrogen) atoms. The van der Waals surface area contributed by atoms with E-state index < -0.39 is 0 Å². The maximum absolute atomic E-state index is 12.2. The Morgan fingerprint density at radius 2 is 1.88 bits per heavy atom. The van der Waals surface area contributed by atoms with E-state index in [0.29, 0.717) is 13.0 Å². The largest absolute Gasteiger partial charge is 0.441 e. The summed E-state index contributed by atoms with van der Waals surface area (Å²) in [6.07, 6.45) is 3.08. The normalized spacial score (nSPS) is 20.1.